The predicted octanol–water partition coefficient (Wildman–Crippen LogP) is 1.40. The van der Waals surface area contributed by atoms with Crippen LogP contribution in [0, 0.1) is 13.8 Å². The van der Waals surface area contributed by atoms with Crippen molar-refractivity contribution in [1.82, 2.24) is 21.5 Å². The van der Waals surface area contributed by atoms with Crippen molar-refractivity contribution in [2.75, 3.05) is 7.05 Å². The van der Waals surface area contributed by atoms with Crippen LogP contribution in [0.25, 0.3) is 0 Å². The largest absolute Gasteiger partial charge is 0.466 e. The lowest BCUT2D eigenvalue weighted by Crippen LogP contribution is -2.46. The van der Waals surface area contributed by atoms with Gasteiger partial charge in [-0.25, -0.2) is 10.2 Å². The Kier molecular flexibility index (Phi) is 5.78. The van der Waals surface area contributed by atoms with Crippen molar-refractivity contribution in [3.8, 4) is 0 Å². The maximum atomic E-state index is 11.9. The van der Waals surface area contributed by atoms with Crippen molar-refractivity contribution < 1.29 is 18.8 Å². The first-order valence-corrected chi connectivity index (χ1v) is 7.63. The summed E-state index contributed by atoms with van der Waals surface area (Å²) >= 11 is 0. The molecule has 8 nitrogen and oxygen atoms in total. The number of benzene rings is 1. The van der Waals surface area contributed by atoms with Gasteiger partial charge in [-0.05, 0) is 37.6 Å². The van der Waals surface area contributed by atoms with Crippen LogP contribution in [0.1, 0.15) is 37.8 Å². The number of aryl methyl sites for hydroxylation is 2. The van der Waals surface area contributed by atoms with E-state index in [0.29, 0.717) is 22.6 Å². The van der Waals surface area contributed by atoms with Gasteiger partial charge >= 0.3 is 6.03 Å². The zero-order valence-electron chi connectivity index (χ0n) is 14.2. The lowest BCUT2D eigenvalue weighted by Gasteiger charge is -2.09. The number of nitrogens with one attached hydrogen (secondary N) is 4. The van der Waals surface area contributed by atoms with E-state index in [0.717, 1.165) is 5.56 Å². The van der Waals surface area contributed by atoms with Crippen LogP contribution in [0.4, 0.5) is 4.79 Å². The van der Waals surface area contributed by atoms with Gasteiger partial charge in [-0.3, -0.25) is 15.0 Å². The van der Waals surface area contributed by atoms with Gasteiger partial charge in [0.15, 0.2) is 0 Å². The van der Waals surface area contributed by atoms with Crippen LogP contribution in [-0.2, 0) is 6.54 Å². The zero-order valence-corrected chi connectivity index (χ0v) is 14.2. The highest BCUT2D eigenvalue weighted by atomic mass is 16.3. The molecule has 2 rings (SSSR count). The highest BCUT2D eigenvalue weighted by Gasteiger charge is 2.14. The highest BCUT2D eigenvalue weighted by molar-refractivity contribution is 5.96. The van der Waals surface area contributed by atoms with Crippen LogP contribution in [0.15, 0.2) is 34.7 Å². The molecule has 0 spiro atoms. The number of hydrogen-bond donors (Lipinski definition) is 4. The molecular formula is C17H20N4O4. The maximum Gasteiger partial charge on any atom is 0.333 e. The first-order valence-electron chi connectivity index (χ1n) is 7.63. The van der Waals surface area contributed by atoms with Crippen LogP contribution in [0.2, 0.25) is 0 Å². The average molecular weight is 344 g/mol. The standard InChI is InChI=1S/C17H20N4O4/c1-10-8-14(11(2)25-10)16(23)20-21-17(24)19-9-12-4-6-13(7-5-12)15(22)18-3/h4-8H,9H2,1-3H3,(H,18,22)(H,20,23)(H2,19,21,24). The Balaban J connectivity index is 1.80. The maximum absolute atomic E-state index is 11.9. The SMILES string of the molecule is CNC(=O)c1ccc(CNC(=O)NNC(=O)c2cc(C)oc2C)cc1. The first kappa shape index (κ1) is 18.1. The van der Waals surface area contributed by atoms with E-state index in [4.69, 9.17) is 4.42 Å². The molecule has 0 unspecified atom stereocenters. The second kappa shape index (κ2) is 8.00. The third kappa shape index (κ3) is 4.84. The normalized spacial score (nSPS) is 10.0. The highest BCUT2D eigenvalue weighted by Crippen LogP contribution is 2.12. The number of furan rings is 1. The molecule has 8 heteroatoms. The Morgan fingerprint density at radius 2 is 1.68 bits per heavy atom. The van der Waals surface area contributed by atoms with Gasteiger partial charge in [-0.2, -0.15) is 0 Å². The summed E-state index contributed by atoms with van der Waals surface area (Å²) in [4.78, 5) is 35.1. The van der Waals surface area contributed by atoms with E-state index in [9.17, 15) is 14.4 Å². The number of urea groups is 1. The summed E-state index contributed by atoms with van der Waals surface area (Å²) in [6.07, 6.45) is 0. The molecule has 0 atom stereocenters. The van der Waals surface area contributed by atoms with Crippen LogP contribution < -0.4 is 21.5 Å². The Bertz CT molecular complexity index is 780. The summed E-state index contributed by atoms with van der Waals surface area (Å²) < 4.78 is 5.26. The molecule has 0 aliphatic rings. The van der Waals surface area contributed by atoms with Crippen molar-refractivity contribution in [3.05, 3.63) is 58.5 Å². The first-order chi connectivity index (χ1) is 11.9. The molecule has 4 amide bonds. The quantitative estimate of drug-likeness (QED) is 0.628. The second-order valence-electron chi connectivity index (χ2n) is 5.36. The summed E-state index contributed by atoms with van der Waals surface area (Å²) in [6, 6.07) is 7.85. The molecule has 0 fully saturated rings. The monoisotopic (exact) mass is 344 g/mol. The number of rotatable bonds is 4. The number of amides is 4. The van der Waals surface area contributed by atoms with Crippen LogP contribution in [-0.4, -0.2) is 24.9 Å². The molecular weight excluding hydrogens is 324 g/mol. The molecule has 0 bridgehead atoms. The third-order valence-corrected chi connectivity index (χ3v) is 3.47. The zero-order chi connectivity index (χ0) is 18.4. The second-order valence-corrected chi connectivity index (χ2v) is 5.36. The Labute approximate surface area is 144 Å². The topological polar surface area (TPSA) is 112 Å². The van der Waals surface area contributed by atoms with E-state index >= 15 is 0 Å². The summed E-state index contributed by atoms with van der Waals surface area (Å²) in [7, 11) is 1.56. The van der Waals surface area contributed by atoms with Gasteiger partial charge in [0.1, 0.15) is 11.5 Å². The fourth-order valence-corrected chi connectivity index (χ4v) is 2.18. The molecule has 0 saturated carbocycles. The molecule has 1 heterocycles. The van der Waals surface area contributed by atoms with Gasteiger partial charge < -0.3 is 15.1 Å². The predicted molar refractivity (Wildman–Crippen MR) is 90.9 cm³/mol. The minimum atomic E-state index is -0.554. The molecule has 0 aliphatic heterocycles. The van der Waals surface area contributed by atoms with Gasteiger partial charge in [0.05, 0.1) is 5.56 Å². The Morgan fingerprint density at radius 1 is 1.00 bits per heavy atom. The number of hydrogen-bond acceptors (Lipinski definition) is 4. The molecule has 2 aromatic rings. The van der Waals surface area contributed by atoms with E-state index in [1.54, 1.807) is 51.2 Å². The smallest absolute Gasteiger partial charge is 0.333 e. The third-order valence-electron chi connectivity index (χ3n) is 3.47. The molecule has 4 N–H and O–H groups in total. The van der Waals surface area contributed by atoms with Gasteiger partial charge in [0.25, 0.3) is 11.8 Å². The van der Waals surface area contributed by atoms with Gasteiger partial charge in [0.2, 0.25) is 0 Å². The fraction of sp³-hybridized carbons (Fsp3) is 0.235. The van der Waals surface area contributed by atoms with Crippen LogP contribution in [0.5, 0.6) is 0 Å². The summed E-state index contributed by atoms with van der Waals surface area (Å²) in [6.45, 7) is 3.66. The molecule has 0 radical (unpaired) electrons. The van der Waals surface area contributed by atoms with Crippen molar-refractivity contribution in [1.29, 1.82) is 0 Å². The van der Waals surface area contributed by atoms with Crippen molar-refractivity contribution in [2.45, 2.75) is 20.4 Å². The summed E-state index contributed by atoms with van der Waals surface area (Å²) in [5.74, 6) is 0.463. The summed E-state index contributed by atoms with van der Waals surface area (Å²) in [5, 5.41) is 5.13. The Hall–Kier alpha value is -3.29. The van der Waals surface area contributed by atoms with Crippen molar-refractivity contribution in [2.24, 2.45) is 0 Å². The van der Waals surface area contributed by atoms with Crippen molar-refractivity contribution in [3.63, 3.8) is 0 Å². The minimum absolute atomic E-state index is 0.176. The van der Waals surface area contributed by atoms with E-state index in [2.05, 4.69) is 21.5 Å². The molecule has 0 saturated heterocycles. The fourth-order valence-electron chi connectivity index (χ4n) is 2.18. The average Bonchev–Trinajstić information content (AvgIpc) is 2.96. The van der Waals surface area contributed by atoms with E-state index in [1.165, 1.54) is 0 Å². The lowest BCUT2D eigenvalue weighted by molar-refractivity contribution is 0.0933. The number of carbonyl (C=O) groups is 3. The van der Waals surface area contributed by atoms with E-state index in [1.807, 2.05) is 0 Å². The van der Waals surface area contributed by atoms with Gasteiger partial charge in [-0.1, -0.05) is 12.1 Å². The lowest BCUT2D eigenvalue weighted by atomic mass is 10.1. The van der Waals surface area contributed by atoms with Crippen molar-refractivity contribution >= 4 is 17.8 Å². The molecule has 132 valence electrons. The number of carbonyl (C=O) groups excluding carboxylic acids is 3. The van der Waals surface area contributed by atoms with Crippen LogP contribution >= 0.6 is 0 Å². The molecule has 1 aromatic heterocycles. The number of hydrazine groups is 1. The van der Waals surface area contributed by atoms with Crippen LogP contribution in [0.3, 0.4) is 0 Å². The van der Waals surface area contributed by atoms with Gasteiger partial charge in [0, 0.05) is 19.2 Å². The van der Waals surface area contributed by atoms with E-state index in [-0.39, 0.29) is 12.5 Å². The van der Waals surface area contributed by atoms with E-state index < -0.39 is 11.9 Å². The molecule has 0 aliphatic carbocycles. The summed E-state index contributed by atoms with van der Waals surface area (Å²) in [5.41, 5.74) is 6.29. The Morgan fingerprint density at radius 3 is 2.24 bits per heavy atom. The van der Waals surface area contributed by atoms with Gasteiger partial charge in [-0.15, -0.1) is 0 Å². The molecule has 25 heavy (non-hydrogen) atoms. The molecule has 1 aromatic carbocycles. The minimum Gasteiger partial charge on any atom is -0.466 e.